The SMILES string of the molecule is CC(=O)OC12CC3CC(C(F)C(C1)C3F)C2F. The predicted molar refractivity (Wildman–Crippen MR) is 53.5 cm³/mol. The summed E-state index contributed by atoms with van der Waals surface area (Å²) in [4.78, 5) is 11.1. The van der Waals surface area contributed by atoms with E-state index in [2.05, 4.69) is 0 Å². The molecule has 4 aliphatic rings. The molecule has 0 radical (unpaired) electrons. The fourth-order valence-corrected chi connectivity index (χ4v) is 4.12. The maximum atomic E-state index is 14.2. The lowest BCUT2D eigenvalue weighted by atomic mass is 9.51. The molecule has 4 saturated carbocycles. The highest BCUT2D eigenvalue weighted by molar-refractivity contribution is 5.66. The van der Waals surface area contributed by atoms with Crippen LogP contribution in [0.25, 0.3) is 0 Å². The molecule has 7 atom stereocenters. The van der Waals surface area contributed by atoms with E-state index in [1.54, 1.807) is 0 Å². The molecule has 0 aromatic heterocycles. The van der Waals surface area contributed by atoms with Gasteiger partial charge in [0.2, 0.25) is 0 Å². The Labute approximate surface area is 97.5 Å². The number of hydrogen-bond acceptors (Lipinski definition) is 2. The molecule has 0 spiro atoms. The van der Waals surface area contributed by atoms with Crippen LogP contribution in [0.1, 0.15) is 26.2 Å². The van der Waals surface area contributed by atoms with Gasteiger partial charge in [0, 0.05) is 18.8 Å². The molecule has 7 unspecified atom stereocenters. The molecule has 0 aliphatic heterocycles. The second kappa shape index (κ2) is 3.39. The van der Waals surface area contributed by atoms with E-state index in [0.717, 1.165) is 0 Å². The van der Waals surface area contributed by atoms with Gasteiger partial charge < -0.3 is 4.74 Å². The van der Waals surface area contributed by atoms with Gasteiger partial charge in [-0.05, 0) is 25.2 Å². The van der Waals surface area contributed by atoms with Crippen molar-refractivity contribution in [1.82, 2.24) is 0 Å². The lowest BCUT2D eigenvalue weighted by molar-refractivity contribution is -0.241. The molecule has 2 nitrogen and oxygen atoms in total. The molecule has 0 heterocycles. The first-order valence-electron chi connectivity index (χ1n) is 6.06. The van der Waals surface area contributed by atoms with Crippen molar-refractivity contribution in [3.8, 4) is 0 Å². The minimum absolute atomic E-state index is 0.0108. The summed E-state index contributed by atoms with van der Waals surface area (Å²) >= 11 is 0. The molecular weight excluding hydrogens is 233 g/mol. The Kier molecular flexibility index (Phi) is 2.26. The van der Waals surface area contributed by atoms with Crippen LogP contribution in [0, 0.1) is 17.8 Å². The third kappa shape index (κ3) is 1.37. The van der Waals surface area contributed by atoms with Crippen LogP contribution in [0.4, 0.5) is 13.2 Å². The van der Waals surface area contributed by atoms with Gasteiger partial charge in [0.25, 0.3) is 0 Å². The van der Waals surface area contributed by atoms with Crippen LogP contribution in [0.2, 0.25) is 0 Å². The Morgan fingerprint density at radius 3 is 2.53 bits per heavy atom. The molecule has 4 rings (SSSR count). The first-order valence-corrected chi connectivity index (χ1v) is 6.06. The van der Waals surface area contributed by atoms with Crippen molar-refractivity contribution in [1.29, 1.82) is 0 Å². The van der Waals surface area contributed by atoms with Gasteiger partial charge in [-0.2, -0.15) is 0 Å². The predicted octanol–water partition coefficient (Wildman–Crippen LogP) is 2.36. The van der Waals surface area contributed by atoms with E-state index in [4.69, 9.17) is 4.74 Å². The molecule has 96 valence electrons. The fourth-order valence-electron chi connectivity index (χ4n) is 4.12. The zero-order valence-electron chi connectivity index (χ0n) is 9.54. The minimum Gasteiger partial charge on any atom is -0.456 e. The summed E-state index contributed by atoms with van der Waals surface area (Å²) in [6.07, 6.45) is -3.69. The summed E-state index contributed by atoms with van der Waals surface area (Å²) in [5.74, 6) is -2.50. The number of hydrogen-bond donors (Lipinski definition) is 0. The molecule has 0 N–H and O–H groups in total. The molecule has 5 heteroatoms. The summed E-state index contributed by atoms with van der Waals surface area (Å²) in [6.45, 7) is 1.21. The highest BCUT2D eigenvalue weighted by atomic mass is 19.2. The molecule has 4 bridgehead atoms. The third-order valence-corrected chi connectivity index (χ3v) is 4.67. The highest BCUT2D eigenvalue weighted by Crippen LogP contribution is 2.60. The summed E-state index contributed by atoms with van der Waals surface area (Å²) < 4.78 is 47.1. The number of carbonyl (C=O) groups excluding carboxylic acids is 1. The van der Waals surface area contributed by atoms with Gasteiger partial charge in [0.15, 0.2) is 0 Å². The molecular formula is C12H15F3O2. The van der Waals surface area contributed by atoms with E-state index < -0.39 is 41.9 Å². The van der Waals surface area contributed by atoms with Gasteiger partial charge in [0.1, 0.15) is 24.1 Å². The highest BCUT2D eigenvalue weighted by Gasteiger charge is 2.67. The number of halogens is 3. The van der Waals surface area contributed by atoms with Gasteiger partial charge >= 0.3 is 5.97 Å². The molecule has 17 heavy (non-hydrogen) atoms. The summed E-state index contributed by atoms with van der Waals surface area (Å²) in [5, 5.41) is 0. The van der Waals surface area contributed by atoms with E-state index in [1.165, 1.54) is 6.92 Å². The van der Waals surface area contributed by atoms with E-state index in [-0.39, 0.29) is 25.2 Å². The average Bonchev–Trinajstić information content (AvgIpc) is 2.23. The van der Waals surface area contributed by atoms with E-state index in [0.29, 0.717) is 0 Å². The Bertz CT molecular complexity index is 360. The Morgan fingerprint density at radius 1 is 1.18 bits per heavy atom. The normalized spacial score (nSPS) is 56.0. The maximum Gasteiger partial charge on any atom is 0.303 e. The number of ether oxygens (including phenoxy) is 1. The summed E-state index contributed by atoms with van der Waals surface area (Å²) in [7, 11) is 0. The van der Waals surface area contributed by atoms with Crippen LogP contribution in [0.3, 0.4) is 0 Å². The van der Waals surface area contributed by atoms with Crippen molar-refractivity contribution < 1.29 is 22.7 Å². The van der Waals surface area contributed by atoms with E-state index >= 15 is 0 Å². The Balaban J connectivity index is 1.95. The average molecular weight is 248 g/mol. The van der Waals surface area contributed by atoms with Crippen molar-refractivity contribution in [3.05, 3.63) is 0 Å². The Morgan fingerprint density at radius 2 is 1.88 bits per heavy atom. The van der Waals surface area contributed by atoms with Crippen LogP contribution in [0.15, 0.2) is 0 Å². The lowest BCUT2D eigenvalue weighted by Gasteiger charge is -2.59. The lowest BCUT2D eigenvalue weighted by Crippen LogP contribution is -2.68. The molecule has 4 fully saturated rings. The van der Waals surface area contributed by atoms with Gasteiger partial charge in [-0.25, -0.2) is 13.2 Å². The first kappa shape index (κ1) is 11.4. The zero-order valence-corrected chi connectivity index (χ0v) is 9.54. The van der Waals surface area contributed by atoms with Crippen molar-refractivity contribution in [3.63, 3.8) is 0 Å². The molecule has 0 aromatic carbocycles. The van der Waals surface area contributed by atoms with Gasteiger partial charge in [0.05, 0.1) is 0 Å². The number of carbonyl (C=O) groups is 1. The maximum absolute atomic E-state index is 14.2. The summed E-state index contributed by atoms with van der Waals surface area (Å²) in [6, 6.07) is 0. The van der Waals surface area contributed by atoms with Gasteiger partial charge in [-0.1, -0.05) is 0 Å². The fraction of sp³-hybridized carbons (Fsp3) is 0.917. The monoisotopic (exact) mass is 248 g/mol. The van der Waals surface area contributed by atoms with Crippen LogP contribution in [0.5, 0.6) is 0 Å². The topological polar surface area (TPSA) is 26.3 Å². The quantitative estimate of drug-likeness (QED) is 0.666. The van der Waals surface area contributed by atoms with Crippen molar-refractivity contribution in [2.45, 2.75) is 50.3 Å². The van der Waals surface area contributed by atoms with Gasteiger partial charge in [-0.15, -0.1) is 0 Å². The van der Waals surface area contributed by atoms with Crippen LogP contribution in [-0.2, 0) is 9.53 Å². The second-order valence-electron chi connectivity index (χ2n) is 5.68. The van der Waals surface area contributed by atoms with Crippen molar-refractivity contribution >= 4 is 5.97 Å². The Hall–Kier alpha value is -0.740. The third-order valence-electron chi connectivity index (χ3n) is 4.67. The summed E-state index contributed by atoms with van der Waals surface area (Å²) in [5.41, 5.74) is -1.25. The van der Waals surface area contributed by atoms with Crippen molar-refractivity contribution in [2.24, 2.45) is 17.8 Å². The van der Waals surface area contributed by atoms with Crippen molar-refractivity contribution in [2.75, 3.05) is 0 Å². The van der Waals surface area contributed by atoms with Crippen LogP contribution in [-0.4, -0.2) is 30.1 Å². The molecule has 4 aliphatic carbocycles. The smallest absolute Gasteiger partial charge is 0.303 e. The standard InChI is InChI=1S/C12H15F3O2/c1-5(16)17-12-3-6-2-7(11(12)15)10(14)8(4-12)9(6)13/h6-11H,2-4H2,1H3. The van der Waals surface area contributed by atoms with Gasteiger partial charge in [-0.3, -0.25) is 4.79 Å². The zero-order chi connectivity index (χ0) is 12.4. The van der Waals surface area contributed by atoms with E-state index in [1.807, 2.05) is 0 Å². The number of esters is 1. The number of alkyl halides is 3. The van der Waals surface area contributed by atoms with Crippen LogP contribution < -0.4 is 0 Å². The molecule has 0 saturated heterocycles. The second-order valence-corrected chi connectivity index (χ2v) is 5.68. The molecule has 0 amide bonds. The first-order chi connectivity index (χ1) is 7.94. The van der Waals surface area contributed by atoms with E-state index in [9.17, 15) is 18.0 Å². The minimum atomic E-state index is -1.48. The molecule has 0 aromatic rings. The van der Waals surface area contributed by atoms with Crippen LogP contribution >= 0.6 is 0 Å². The largest absolute Gasteiger partial charge is 0.456 e. The number of rotatable bonds is 1.